The first-order valence-electron chi connectivity index (χ1n) is 14.5. The molecule has 1 aliphatic carbocycles. The number of carboxylic acid groups (broad SMARTS) is 1. The Morgan fingerprint density at radius 1 is 1.15 bits per heavy atom. The molecular weight excluding hydrogens is 627 g/mol. The zero-order chi connectivity index (χ0) is 33.2. The largest absolute Gasteiger partial charge is 0.481 e. The zero-order valence-electron chi connectivity index (χ0n) is 24.4. The first-order valence-corrected chi connectivity index (χ1v) is 14.9. The molecule has 0 aromatic heterocycles. The van der Waals surface area contributed by atoms with Gasteiger partial charge in [-0.25, -0.2) is 4.79 Å². The number of allylic oxidation sites excluding steroid dienone is 4. The average Bonchev–Trinajstić information content (AvgIpc) is 3.40. The molecule has 0 spiro atoms. The third kappa shape index (κ3) is 6.26. The summed E-state index contributed by atoms with van der Waals surface area (Å²) in [5.74, 6) is -3.23. The summed E-state index contributed by atoms with van der Waals surface area (Å²) in [6.07, 6.45) is 2.22. The predicted octanol–water partition coefficient (Wildman–Crippen LogP) is 5.23. The minimum absolute atomic E-state index is 0.0326. The van der Waals surface area contributed by atoms with Gasteiger partial charge in [-0.05, 0) is 29.7 Å². The molecule has 2 heterocycles. The van der Waals surface area contributed by atoms with Crippen molar-refractivity contribution < 1.29 is 42.2 Å². The normalized spacial score (nSPS) is 26.3. The van der Waals surface area contributed by atoms with E-state index in [0.717, 1.165) is 12.1 Å². The maximum atomic E-state index is 14.2. The number of likely N-dealkylation sites (tertiary alicyclic amines) is 1. The standard InChI is InChI=1S/C33H31ClF3N3O6/c1-2-22-12-6-7-16-32(22,34)28-27(39-25(19-46-31(39)45)21-10-4-3-5-11-21)30(44)40(28)24(14-15-26(41)42)29(43)38-18-20-9-8-13-23(17-20)33(35,36)37/h2-13,16-17,22,24-25,27-28H,1,14-15,18-19H2,(H,38,43)(H,41,42)/t22?,24-,25+,27-,28+,32?/m0/s1. The number of benzene rings is 2. The van der Waals surface area contributed by atoms with Crippen molar-refractivity contribution in [3.63, 3.8) is 0 Å². The number of carbonyl (C=O) groups is 4. The highest BCUT2D eigenvalue weighted by Gasteiger charge is 2.65. The summed E-state index contributed by atoms with van der Waals surface area (Å²) in [6.45, 7) is 3.53. The van der Waals surface area contributed by atoms with Crippen molar-refractivity contribution >= 4 is 35.5 Å². The lowest BCUT2D eigenvalue weighted by Gasteiger charge is -2.59. The number of cyclic esters (lactones) is 1. The summed E-state index contributed by atoms with van der Waals surface area (Å²) >= 11 is 7.33. The fraction of sp³-hybridized carbons (Fsp3) is 0.333. The van der Waals surface area contributed by atoms with Gasteiger partial charge in [-0.3, -0.25) is 19.3 Å². The minimum atomic E-state index is -4.59. The van der Waals surface area contributed by atoms with Crippen molar-refractivity contribution in [2.24, 2.45) is 5.92 Å². The van der Waals surface area contributed by atoms with E-state index >= 15 is 0 Å². The van der Waals surface area contributed by atoms with Crippen LogP contribution in [-0.4, -0.2) is 68.4 Å². The topological polar surface area (TPSA) is 116 Å². The van der Waals surface area contributed by atoms with Crippen LogP contribution in [0.1, 0.15) is 35.6 Å². The highest BCUT2D eigenvalue weighted by molar-refractivity contribution is 6.27. The van der Waals surface area contributed by atoms with Crippen LogP contribution in [0.5, 0.6) is 0 Å². The van der Waals surface area contributed by atoms with Gasteiger partial charge in [0, 0.05) is 18.9 Å². The van der Waals surface area contributed by atoms with Gasteiger partial charge in [0.1, 0.15) is 18.7 Å². The lowest BCUT2D eigenvalue weighted by molar-refractivity contribution is -0.169. The average molecular weight is 658 g/mol. The van der Waals surface area contributed by atoms with E-state index in [9.17, 15) is 37.5 Å². The fourth-order valence-corrected chi connectivity index (χ4v) is 6.72. The quantitative estimate of drug-likeness (QED) is 0.194. The molecule has 2 aliphatic heterocycles. The Morgan fingerprint density at radius 3 is 2.57 bits per heavy atom. The summed E-state index contributed by atoms with van der Waals surface area (Å²) in [6, 6.07) is 9.07. The van der Waals surface area contributed by atoms with E-state index in [1.165, 1.54) is 21.9 Å². The lowest BCUT2D eigenvalue weighted by atomic mass is 9.72. The smallest absolute Gasteiger partial charge is 0.416 e. The van der Waals surface area contributed by atoms with Crippen molar-refractivity contribution in [2.75, 3.05) is 6.61 Å². The van der Waals surface area contributed by atoms with E-state index in [2.05, 4.69) is 11.9 Å². The van der Waals surface area contributed by atoms with Crippen molar-refractivity contribution in [1.29, 1.82) is 0 Å². The highest BCUT2D eigenvalue weighted by atomic mass is 35.5. The van der Waals surface area contributed by atoms with E-state index in [-0.39, 0.29) is 25.1 Å². The summed E-state index contributed by atoms with van der Waals surface area (Å²) < 4.78 is 45.2. The van der Waals surface area contributed by atoms with E-state index in [0.29, 0.717) is 5.56 Å². The summed E-state index contributed by atoms with van der Waals surface area (Å²) in [5.41, 5.74) is -0.0387. The molecule has 46 heavy (non-hydrogen) atoms. The van der Waals surface area contributed by atoms with Gasteiger partial charge in [0.05, 0.1) is 22.5 Å². The number of carboxylic acids is 1. The third-order valence-electron chi connectivity index (χ3n) is 8.49. The van der Waals surface area contributed by atoms with E-state index in [1.807, 2.05) is 0 Å². The molecule has 5 rings (SSSR count). The first-order chi connectivity index (χ1) is 21.9. The molecule has 2 unspecified atom stereocenters. The van der Waals surface area contributed by atoms with E-state index < -0.39 is 77.0 Å². The molecule has 2 saturated heterocycles. The van der Waals surface area contributed by atoms with Gasteiger partial charge in [0.25, 0.3) is 0 Å². The molecule has 3 amide bonds. The summed E-state index contributed by atoms with van der Waals surface area (Å²) in [4.78, 5) is 53.8. The predicted molar refractivity (Wildman–Crippen MR) is 161 cm³/mol. The lowest BCUT2D eigenvalue weighted by Crippen LogP contribution is -2.80. The second-order valence-electron chi connectivity index (χ2n) is 11.2. The van der Waals surface area contributed by atoms with Crippen molar-refractivity contribution in [2.45, 2.75) is 54.6 Å². The maximum absolute atomic E-state index is 14.2. The summed E-state index contributed by atoms with van der Waals surface area (Å²) in [7, 11) is 0. The number of amides is 3. The number of carbonyl (C=O) groups excluding carboxylic acids is 3. The number of ether oxygens (including phenoxy) is 1. The van der Waals surface area contributed by atoms with Crippen LogP contribution >= 0.6 is 11.6 Å². The SMILES string of the molecule is C=CC1C=CC=CC1(Cl)[C@H]1[C@H](N2C(=O)OC[C@@H]2c2ccccc2)C(=O)N1[C@@H](CCC(=O)O)C(=O)NCc1cccc(C(F)(F)F)c1. The molecule has 2 aromatic rings. The number of β-lactam (4-membered cyclic amide) rings is 1. The molecular formula is C33H31ClF3N3O6. The van der Waals surface area contributed by atoms with Crippen LogP contribution < -0.4 is 5.32 Å². The molecule has 242 valence electrons. The number of aliphatic carboxylic acids is 1. The Labute approximate surface area is 267 Å². The second kappa shape index (κ2) is 13.0. The molecule has 2 N–H and O–H groups in total. The molecule has 0 saturated carbocycles. The number of rotatable bonds is 11. The Balaban J connectivity index is 1.51. The van der Waals surface area contributed by atoms with Gasteiger partial charge in [0.15, 0.2) is 0 Å². The van der Waals surface area contributed by atoms with E-state index in [4.69, 9.17) is 16.3 Å². The van der Waals surface area contributed by atoms with Crippen LogP contribution in [0.3, 0.4) is 0 Å². The van der Waals surface area contributed by atoms with Gasteiger partial charge < -0.3 is 20.1 Å². The third-order valence-corrected chi connectivity index (χ3v) is 9.09. The van der Waals surface area contributed by atoms with Crippen molar-refractivity contribution in [3.05, 3.63) is 108 Å². The van der Waals surface area contributed by atoms with Crippen LogP contribution in [0.4, 0.5) is 18.0 Å². The number of hydrogen-bond acceptors (Lipinski definition) is 5. The molecule has 2 fully saturated rings. The van der Waals surface area contributed by atoms with Crippen molar-refractivity contribution in [3.8, 4) is 0 Å². The molecule has 13 heteroatoms. The van der Waals surface area contributed by atoms with E-state index in [1.54, 1.807) is 60.7 Å². The molecule has 6 atom stereocenters. The first kappa shape index (κ1) is 32.8. The zero-order valence-corrected chi connectivity index (χ0v) is 25.2. The van der Waals surface area contributed by atoms with Crippen molar-refractivity contribution in [1.82, 2.24) is 15.1 Å². The Kier molecular flexibility index (Phi) is 9.29. The fourth-order valence-electron chi connectivity index (χ4n) is 6.26. The summed E-state index contributed by atoms with van der Waals surface area (Å²) in [5, 5.41) is 12.1. The van der Waals surface area contributed by atoms with Gasteiger partial charge in [0.2, 0.25) is 11.8 Å². The minimum Gasteiger partial charge on any atom is -0.481 e. The van der Waals surface area contributed by atoms with Crippen LogP contribution in [0.25, 0.3) is 0 Å². The monoisotopic (exact) mass is 657 g/mol. The van der Waals surface area contributed by atoms with Crippen LogP contribution in [-0.2, 0) is 31.8 Å². The van der Waals surface area contributed by atoms with Gasteiger partial charge in [-0.2, -0.15) is 13.2 Å². The molecule has 3 aliphatic rings. The molecule has 0 radical (unpaired) electrons. The number of halogens is 4. The van der Waals surface area contributed by atoms with Gasteiger partial charge in [-0.15, -0.1) is 18.2 Å². The maximum Gasteiger partial charge on any atom is 0.416 e. The number of nitrogens with zero attached hydrogens (tertiary/aromatic N) is 2. The Morgan fingerprint density at radius 2 is 1.89 bits per heavy atom. The molecule has 9 nitrogen and oxygen atoms in total. The van der Waals surface area contributed by atoms with Crippen LogP contribution in [0, 0.1) is 5.92 Å². The Bertz CT molecular complexity index is 1580. The second-order valence-corrected chi connectivity index (χ2v) is 11.9. The number of hydrogen-bond donors (Lipinski definition) is 2. The Hall–Kier alpha value is -4.58. The molecule has 2 aromatic carbocycles. The number of nitrogens with one attached hydrogen (secondary N) is 1. The van der Waals surface area contributed by atoms with Gasteiger partial charge >= 0.3 is 18.2 Å². The van der Waals surface area contributed by atoms with Crippen LogP contribution in [0.15, 0.2) is 91.6 Å². The van der Waals surface area contributed by atoms with Gasteiger partial charge in [-0.1, -0.05) is 72.8 Å². The molecule has 0 bridgehead atoms. The van der Waals surface area contributed by atoms with Crippen LogP contribution in [0.2, 0.25) is 0 Å². The highest BCUT2D eigenvalue weighted by Crippen LogP contribution is 2.48. The number of alkyl halides is 4.